The number of carbonyl (C=O) groups excluding carboxylic acids is 1. The Hall–Kier alpha value is -2.19. The minimum atomic E-state index is -3.60. The van der Waals surface area contributed by atoms with Crippen LogP contribution in [0.15, 0.2) is 29.2 Å². The Labute approximate surface area is 179 Å². The van der Waals surface area contributed by atoms with Crippen LogP contribution in [0.2, 0.25) is 0 Å². The van der Waals surface area contributed by atoms with Gasteiger partial charge in [0.2, 0.25) is 15.9 Å². The third-order valence-electron chi connectivity index (χ3n) is 5.56. The molecule has 0 unspecified atom stereocenters. The van der Waals surface area contributed by atoms with Gasteiger partial charge in [0, 0.05) is 18.8 Å². The Bertz CT molecular complexity index is 1010. The summed E-state index contributed by atoms with van der Waals surface area (Å²) in [6.45, 7) is 10.8. The molecule has 8 heteroatoms. The van der Waals surface area contributed by atoms with Gasteiger partial charge in [0.1, 0.15) is 11.4 Å². The van der Waals surface area contributed by atoms with E-state index in [9.17, 15) is 13.2 Å². The number of aromatic nitrogens is 2. The first kappa shape index (κ1) is 22.5. The minimum absolute atomic E-state index is 0.0385. The van der Waals surface area contributed by atoms with Crippen molar-refractivity contribution in [3.05, 3.63) is 41.2 Å². The van der Waals surface area contributed by atoms with Crippen molar-refractivity contribution in [1.82, 2.24) is 14.1 Å². The summed E-state index contributed by atoms with van der Waals surface area (Å²) in [5.74, 6) is -0.244. The first-order valence-electron chi connectivity index (χ1n) is 10.4. The van der Waals surface area contributed by atoms with Gasteiger partial charge in [-0.3, -0.25) is 9.48 Å². The summed E-state index contributed by atoms with van der Waals surface area (Å²) >= 11 is 0. The van der Waals surface area contributed by atoms with E-state index in [-0.39, 0.29) is 22.8 Å². The van der Waals surface area contributed by atoms with Crippen molar-refractivity contribution in [2.75, 3.05) is 18.4 Å². The van der Waals surface area contributed by atoms with Crippen LogP contribution in [0.1, 0.15) is 57.0 Å². The van der Waals surface area contributed by atoms with Gasteiger partial charge in [-0.1, -0.05) is 39.3 Å². The lowest BCUT2D eigenvalue weighted by atomic mass is 9.87. The van der Waals surface area contributed by atoms with Crippen LogP contribution in [0.5, 0.6) is 0 Å². The summed E-state index contributed by atoms with van der Waals surface area (Å²) in [5, 5.41) is 7.22. The molecule has 3 rings (SSSR count). The number of benzene rings is 1. The molecule has 0 atom stereocenters. The lowest BCUT2D eigenvalue weighted by Crippen LogP contribution is -2.36. The zero-order valence-electron chi connectivity index (χ0n) is 18.5. The number of nitrogens with one attached hydrogen (secondary N) is 1. The van der Waals surface area contributed by atoms with Gasteiger partial charge in [0.25, 0.3) is 0 Å². The fourth-order valence-electron chi connectivity index (χ4n) is 3.83. The molecule has 7 nitrogen and oxygen atoms in total. The van der Waals surface area contributed by atoms with E-state index in [1.807, 2.05) is 24.3 Å². The second-order valence-corrected chi connectivity index (χ2v) is 10.9. The number of nitrogens with zero attached hydrogens (tertiary/aromatic N) is 3. The molecular weight excluding hydrogens is 400 g/mol. The van der Waals surface area contributed by atoms with E-state index in [0.29, 0.717) is 30.2 Å². The summed E-state index contributed by atoms with van der Waals surface area (Å²) < 4.78 is 29.2. The molecule has 1 amide bonds. The van der Waals surface area contributed by atoms with Gasteiger partial charge in [0.05, 0.1) is 11.4 Å². The van der Waals surface area contributed by atoms with Crippen LogP contribution in [0.4, 0.5) is 5.69 Å². The maximum Gasteiger partial charge on any atom is 0.246 e. The zero-order valence-corrected chi connectivity index (χ0v) is 19.3. The van der Waals surface area contributed by atoms with E-state index in [4.69, 9.17) is 0 Å². The predicted octanol–water partition coefficient (Wildman–Crippen LogP) is 3.61. The first-order chi connectivity index (χ1) is 14.0. The van der Waals surface area contributed by atoms with Gasteiger partial charge in [-0.25, -0.2) is 8.42 Å². The molecular formula is C22H32N4O3S. The predicted molar refractivity (Wildman–Crippen MR) is 118 cm³/mol. The molecule has 0 aliphatic carbocycles. The van der Waals surface area contributed by atoms with Crippen molar-refractivity contribution in [3.8, 4) is 0 Å². The molecule has 1 aliphatic rings. The number of carbonyl (C=O) groups is 1. The van der Waals surface area contributed by atoms with Crippen molar-refractivity contribution in [2.24, 2.45) is 0 Å². The summed E-state index contributed by atoms with van der Waals surface area (Å²) in [6, 6.07) is 7.77. The number of piperidine rings is 1. The van der Waals surface area contributed by atoms with Crippen LogP contribution in [0.3, 0.4) is 0 Å². The molecule has 0 saturated carbocycles. The van der Waals surface area contributed by atoms with Gasteiger partial charge < -0.3 is 5.32 Å². The highest BCUT2D eigenvalue weighted by Gasteiger charge is 2.32. The molecule has 2 aromatic rings. The van der Waals surface area contributed by atoms with Gasteiger partial charge in [-0.2, -0.15) is 9.40 Å². The van der Waals surface area contributed by atoms with Crippen molar-refractivity contribution in [2.45, 2.75) is 70.7 Å². The molecule has 1 saturated heterocycles. The molecule has 0 bridgehead atoms. The monoisotopic (exact) mass is 432 g/mol. The third kappa shape index (κ3) is 4.75. The molecule has 0 radical (unpaired) electrons. The van der Waals surface area contributed by atoms with Crippen molar-refractivity contribution >= 4 is 21.6 Å². The Morgan fingerprint density at radius 2 is 1.67 bits per heavy atom. The van der Waals surface area contributed by atoms with Crippen molar-refractivity contribution < 1.29 is 13.2 Å². The average Bonchev–Trinajstić information content (AvgIpc) is 2.95. The number of hydrogen-bond donors (Lipinski definition) is 1. The SMILES string of the molecule is Cc1nn(CC(=O)Nc2ccc(C(C)(C)C)cc2)c(C)c1S(=O)(=O)N1CCCCC1. The Morgan fingerprint density at radius 3 is 2.23 bits per heavy atom. The van der Waals surface area contributed by atoms with Gasteiger partial charge in [-0.05, 0) is 49.8 Å². The summed E-state index contributed by atoms with van der Waals surface area (Å²) in [7, 11) is -3.60. The van der Waals surface area contributed by atoms with Gasteiger partial charge in [0.15, 0.2) is 0 Å². The maximum absolute atomic E-state index is 13.1. The molecule has 1 aromatic heterocycles. The van der Waals surface area contributed by atoms with Gasteiger partial charge >= 0.3 is 0 Å². The van der Waals surface area contributed by atoms with Crippen LogP contribution in [-0.4, -0.2) is 41.5 Å². The maximum atomic E-state index is 13.1. The smallest absolute Gasteiger partial charge is 0.246 e. The summed E-state index contributed by atoms with van der Waals surface area (Å²) in [6.07, 6.45) is 2.81. The quantitative estimate of drug-likeness (QED) is 0.782. The average molecular weight is 433 g/mol. The fourth-order valence-corrected chi connectivity index (χ4v) is 5.72. The Morgan fingerprint density at radius 1 is 1.07 bits per heavy atom. The molecule has 1 fully saturated rings. The van der Waals surface area contributed by atoms with Gasteiger partial charge in [-0.15, -0.1) is 0 Å². The van der Waals surface area contributed by atoms with Crippen LogP contribution in [0, 0.1) is 13.8 Å². The molecule has 1 N–H and O–H groups in total. The molecule has 1 aliphatic heterocycles. The topological polar surface area (TPSA) is 84.3 Å². The second kappa shape index (κ2) is 8.51. The Balaban J connectivity index is 1.74. The van der Waals surface area contributed by atoms with Crippen molar-refractivity contribution in [3.63, 3.8) is 0 Å². The lowest BCUT2D eigenvalue weighted by Gasteiger charge is -2.25. The third-order valence-corrected chi connectivity index (χ3v) is 7.71. The Kier molecular flexibility index (Phi) is 6.38. The van der Waals surface area contributed by atoms with E-state index >= 15 is 0 Å². The van der Waals surface area contributed by atoms with E-state index in [2.05, 4.69) is 31.2 Å². The van der Waals surface area contributed by atoms with E-state index in [1.165, 1.54) is 14.6 Å². The van der Waals surface area contributed by atoms with E-state index in [0.717, 1.165) is 19.3 Å². The fraction of sp³-hybridized carbons (Fsp3) is 0.545. The van der Waals surface area contributed by atoms with E-state index < -0.39 is 10.0 Å². The molecule has 164 valence electrons. The second-order valence-electron chi connectivity index (χ2n) is 9.00. The standard InChI is InChI=1S/C22H32N4O3S/c1-16-21(30(28,29)25-13-7-6-8-14-25)17(2)26(24-16)15-20(27)23-19-11-9-18(10-12-19)22(3,4)5/h9-12H,6-8,13-15H2,1-5H3,(H,23,27). The van der Waals surface area contributed by atoms with E-state index in [1.54, 1.807) is 13.8 Å². The molecule has 1 aromatic carbocycles. The minimum Gasteiger partial charge on any atom is -0.324 e. The largest absolute Gasteiger partial charge is 0.324 e. The highest BCUT2D eigenvalue weighted by molar-refractivity contribution is 7.89. The lowest BCUT2D eigenvalue weighted by molar-refractivity contribution is -0.116. The number of sulfonamides is 1. The van der Waals surface area contributed by atoms with Crippen LogP contribution in [0.25, 0.3) is 0 Å². The molecule has 0 spiro atoms. The van der Waals surface area contributed by atoms with Crippen LogP contribution in [-0.2, 0) is 26.8 Å². The number of hydrogen-bond acceptors (Lipinski definition) is 4. The van der Waals surface area contributed by atoms with Crippen LogP contribution >= 0.6 is 0 Å². The molecule has 2 heterocycles. The highest BCUT2D eigenvalue weighted by atomic mass is 32.2. The summed E-state index contributed by atoms with van der Waals surface area (Å²) in [4.78, 5) is 12.8. The van der Waals surface area contributed by atoms with Crippen LogP contribution < -0.4 is 5.32 Å². The number of aryl methyl sites for hydroxylation is 1. The summed E-state index contributed by atoms with van der Waals surface area (Å²) in [5.41, 5.74) is 2.86. The number of anilines is 1. The van der Waals surface area contributed by atoms with Crippen molar-refractivity contribution in [1.29, 1.82) is 0 Å². The zero-order chi connectivity index (χ0) is 22.1. The first-order valence-corrected chi connectivity index (χ1v) is 11.9. The number of rotatable bonds is 5. The highest BCUT2D eigenvalue weighted by Crippen LogP contribution is 2.26. The normalized spacial score (nSPS) is 15.9. The number of amides is 1. The molecule has 30 heavy (non-hydrogen) atoms.